The van der Waals surface area contributed by atoms with Crippen LogP contribution < -0.4 is 11.1 Å². The number of rotatable bonds is 30. The van der Waals surface area contributed by atoms with Crippen molar-refractivity contribution in [3.63, 3.8) is 0 Å². The second kappa shape index (κ2) is 31.9. The summed E-state index contributed by atoms with van der Waals surface area (Å²) >= 11 is 0. The summed E-state index contributed by atoms with van der Waals surface area (Å²) in [5.74, 6) is -0.252. The number of aliphatic hydroxyl groups is 1. The van der Waals surface area contributed by atoms with Crippen molar-refractivity contribution >= 4 is 13.7 Å². The first-order valence-electron chi connectivity index (χ1n) is 17.1. The molecule has 0 heterocycles. The third-order valence-corrected chi connectivity index (χ3v) is 7.82. The number of phosphoric ester groups is 1. The first-order valence-corrected chi connectivity index (χ1v) is 18.5. The number of nitrogens with two attached hydrogens (primary N) is 1. The van der Waals surface area contributed by atoms with E-state index in [1.165, 1.54) is 25.7 Å². The normalized spacial score (nSPS) is 15.4. The van der Waals surface area contributed by atoms with Crippen molar-refractivity contribution in [2.75, 3.05) is 19.8 Å². The van der Waals surface area contributed by atoms with Crippen LogP contribution in [0.3, 0.4) is 0 Å². The van der Waals surface area contributed by atoms with Gasteiger partial charge >= 0.3 is 7.82 Å². The maximum atomic E-state index is 12.6. The lowest BCUT2D eigenvalue weighted by molar-refractivity contribution is -0.123. The van der Waals surface area contributed by atoms with Gasteiger partial charge in [-0.3, -0.25) is 13.8 Å². The Hall–Kier alpha value is -2.06. The van der Waals surface area contributed by atoms with Crippen LogP contribution in [0.1, 0.15) is 117 Å². The van der Waals surface area contributed by atoms with Gasteiger partial charge in [-0.05, 0) is 51.4 Å². The molecule has 5 N–H and O–H groups in total. The third kappa shape index (κ3) is 30.4. The molecule has 0 aromatic carbocycles. The second-order valence-electron chi connectivity index (χ2n) is 11.0. The first-order chi connectivity index (χ1) is 21.9. The van der Waals surface area contributed by atoms with Gasteiger partial charge in [0, 0.05) is 13.0 Å². The largest absolute Gasteiger partial charge is 0.472 e. The zero-order valence-corrected chi connectivity index (χ0v) is 29.0. The fourth-order valence-corrected chi connectivity index (χ4v) is 5.03. The predicted octanol–water partition coefficient (Wildman–Crippen LogP) is 8.54. The quantitative estimate of drug-likeness (QED) is 0.0348. The number of unbranched alkanes of at least 4 members (excludes halogenated alkanes) is 6. The van der Waals surface area contributed by atoms with Crippen molar-refractivity contribution in [2.24, 2.45) is 5.73 Å². The Morgan fingerprint density at radius 1 is 0.756 bits per heavy atom. The monoisotopic (exact) mass is 650 g/mol. The summed E-state index contributed by atoms with van der Waals surface area (Å²) in [5, 5.41) is 13.5. The van der Waals surface area contributed by atoms with E-state index in [-0.39, 0.29) is 32.1 Å². The molecule has 0 bridgehead atoms. The van der Waals surface area contributed by atoms with Crippen LogP contribution in [0.15, 0.2) is 72.9 Å². The number of hydrogen-bond acceptors (Lipinski definition) is 6. The van der Waals surface area contributed by atoms with Crippen molar-refractivity contribution in [1.82, 2.24) is 5.32 Å². The van der Waals surface area contributed by atoms with Gasteiger partial charge in [-0.2, -0.15) is 0 Å². The highest BCUT2D eigenvalue weighted by molar-refractivity contribution is 7.47. The van der Waals surface area contributed by atoms with Crippen LogP contribution in [0.2, 0.25) is 0 Å². The number of phosphoric acid groups is 1. The van der Waals surface area contributed by atoms with Gasteiger partial charge in [0.15, 0.2) is 0 Å². The molecule has 0 radical (unpaired) electrons. The molecule has 0 saturated heterocycles. The highest BCUT2D eigenvalue weighted by Crippen LogP contribution is 2.43. The molecule has 3 atom stereocenters. The van der Waals surface area contributed by atoms with Gasteiger partial charge in [-0.25, -0.2) is 4.57 Å². The van der Waals surface area contributed by atoms with Crippen LogP contribution in [0.5, 0.6) is 0 Å². The minimum atomic E-state index is -4.32. The van der Waals surface area contributed by atoms with Gasteiger partial charge in [0.05, 0.1) is 25.4 Å². The van der Waals surface area contributed by atoms with E-state index in [0.717, 1.165) is 57.8 Å². The Balaban J connectivity index is 4.39. The van der Waals surface area contributed by atoms with Crippen molar-refractivity contribution in [3.05, 3.63) is 72.9 Å². The summed E-state index contributed by atoms with van der Waals surface area (Å²) in [5.41, 5.74) is 5.33. The van der Waals surface area contributed by atoms with E-state index in [1.54, 1.807) is 0 Å². The van der Waals surface area contributed by atoms with Crippen molar-refractivity contribution in [2.45, 2.75) is 129 Å². The molecule has 0 aromatic heterocycles. The Kier molecular flexibility index (Phi) is 30.4. The van der Waals surface area contributed by atoms with E-state index >= 15 is 0 Å². The number of carbonyl (C=O) groups excluding carboxylic acids is 1. The molecule has 3 unspecified atom stereocenters. The van der Waals surface area contributed by atoms with Crippen LogP contribution in [-0.4, -0.2) is 47.8 Å². The molecule has 8 nitrogen and oxygen atoms in total. The molecule has 258 valence electrons. The number of allylic oxidation sites excluding steroid dienone is 12. The third-order valence-electron chi connectivity index (χ3n) is 6.84. The van der Waals surface area contributed by atoms with Crippen LogP contribution in [-0.2, 0) is 18.4 Å². The van der Waals surface area contributed by atoms with E-state index in [9.17, 15) is 19.4 Å². The fourth-order valence-electron chi connectivity index (χ4n) is 4.27. The van der Waals surface area contributed by atoms with Gasteiger partial charge in [-0.15, -0.1) is 0 Å². The standard InChI is InChI=1S/C36H63N2O6P/c1-3-5-7-9-11-12-13-14-15-16-17-18-19-20-21-22-24-26-28-30-36(40)38-34(33-44-45(41,42)43-32-31-37)35(39)29-27-25-23-10-8-6-4-2/h5,7,11-12,14-15,17-18,20-21,24,26,34-35,39H,3-4,6,8-10,13,16,19,22-23,25,27-33,37H2,1-2H3,(H,38,40)(H,41,42)/b7-5-,12-11-,15-14-,18-17-,21-20-,26-24-. The summed E-state index contributed by atoms with van der Waals surface area (Å²) < 4.78 is 21.9. The first kappa shape index (κ1) is 42.9. The number of aliphatic hydroxyl groups excluding tert-OH is 1. The van der Waals surface area contributed by atoms with Gasteiger partial charge in [-0.1, -0.05) is 132 Å². The lowest BCUT2D eigenvalue weighted by Crippen LogP contribution is -2.46. The van der Waals surface area contributed by atoms with Crippen molar-refractivity contribution in [3.8, 4) is 0 Å². The number of nitrogens with one attached hydrogen (secondary N) is 1. The molecule has 0 spiro atoms. The van der Waals surface area contributed by atoms with Gasteiger partial charge < -0.3 is 21.1 Å². The summed E-state index contributed by atoms with van der Waals surface area (Å²) in [7, 11) is -4.32. The van der Waals surface area contributed by atoms with Crippen LogP contribution in [0.4, 0.5) is 0 Å². The summed E-state index contributed by atoms with van der Waals surface area (Å²) in [6.45, 7) is 3.94. The summed E-state index contributed by atoms with van der Waals surface area (Å²) in [6, 6.07) is -0.815. The van der Waals surface area contributed by atoms with Crippen LogP contribution >= 0.6 is 7.82 Å². The zero-order valence-electron chi connectivity index (χ0n) is 28.1. The molecule has 0 saturated carbocycles. The number of hydrogen-bond donors (Lipinski definition) is 4. The average Bonchev–Trinajstić information content (AvgIpc) is 3.02. The Morgan fingerprint density at radius 3 is 1.76 bits per heavy atom. The lowest BCUT2D eigenvalue weighted by atomic mass is 10.0. The van der Waals surface area contributed by atoms with E-state index in [2.05, 4.69) is 79.9 Å². The lowest BCUT2D eigenvalue weighted by Gasteiger charge is -2.25. The Labute approximate surface area is 274 Å². The van der Waals surface area contributed by atoms with E-state index in [4.69, 9.17) is 14.8 Å². The van der Waals surface area contributed by atoms with Crippen molar-refractivity contribution < 1.29 is 28.4 Å². The number of carbonyl (C=O) groups is 1. The van der Waals surface area contributed by atoms with Gasteiger partial charge in [0.2, 0.25) is 5.91 Å². The summed E-state index contributed by atoms with van der Waals surface area (Å²) in [4.78, 5) is 22.4. The molecule has 0 fully saturated rings. The highest BCUT2D eigenvalue weighted by Gasteiger charge is 2.27. The van der Waals surface area contributed by atoms with Gasteiger partial charge in [0.1, 0.15) is 0 Å². The predicted molar refractivity (Wildman–Crippen MR) is 189 cm³/mol. The van der Waals surface area contributed by atoms with Crippen LogP contribution in [0.25, 0.3) is 0 Å². The topological polar surface area (TPSA) is 131 Å². The maximum absolute atomic E-state index is 12.6. The van der Waals surface area contributed by atoms with E-state index in [0.29, 0.717) is 12.8 Å². The van der Waals surface area contributed by atoms with E-state index in [1.807, 2.05) is 12.2 Å². The molecule has 9 heteroatoms. The molecule has 45 heavy (non-hydrogen) atoms. The molecule has 0 rings (SSSR count). The minimum Gasteiger partial charge on any atom is -0.391 e. The molecular weight excluding hydrogens is 587 g/mol. The summed E-state index contributed by atoms with van der Waals surface area (Å²) in [6.07, 6.45) is 39.4. The molecule has 1 amide bonds. The molecule has 0 aromatic rings. The Bertz CT molecular complexity index is 929. The Morgan fingerprint density at radius 2 is 1.24 bits per heavy atom. The molecular formula is C36H63N2O6P. The van der Waals surface area contributed by atoms with Crippen molar-refractivity contribution in [1.29, 1.82) is 0 Å². The minimum absolute atomic E-state index is 0.0730. The highest BCUT2D eigenvalue weighted by atomic mass is 31.2. The smallest absolute Gasteiger partial charge is 0.391 e. The number of amides is 1. The van der Waals surface area contributed by atoms with Crippen LogP contribution in [0, 0.1) is 0 Å². The van der Waals surface area contributed by atoms with E-state index < -0.39 is 20.0 Å². The van der Waals surface area contributed by atoms with Gasteiger partial charge in [0.25, 0.3) is 0 Å². The zero-order chi connectivity index (χ0) is 33.3. The molecule has 0 aliphatic carbocycles. The maximum Gasteiger partial charge on any atom is 0.472 e. The second-order valence-corrected chi connectivity index (χ2v) is 12.4. The SMILES string of the molecule is CC/C=C\C/C=C\C/C=C\C/C=C\C/C=C\C/C=C\CCC(=O)NC(COP(=O)(O)OCCN)C(O)CCCCCCCCC. The molecule has 0 aliphatic rings. The fraction of sp³-hybridized carbons (Fsp3) is 0.639. The molecule has 0 aliphatic heterocycles. The average molecular weight is 651 g/mol.